The van der Waals surface area contributed by atoms with Gasteiger partial charge in [-0.05, 0) is 64.7 Å². The maximum atomic E-state index is 14.5. The molecule has 4 aromatic rings. The summed E-state index contributed by atoms with van der Waals surface area (Å²) >= 11 is 0. The van der Waals surface area contributed by atoms with Crippen LogP contribution in [0.3, 0.4) is 0 Å². The number of alkyl halides is 12. The summed E-state index contributed by atoms with van der Waals surface area (Å²) in [5.74, 6) is -8.07. The fourth-order valence-electron chi connectivity index (χ4n) is 7.79. The number of carbonyl (C=O) groups is 7. The first-order valence-corrected chi connectivity index (χ1v) is 18.7. The van der Waals surface area contributed by atoms with E-state index in [1.165, 1.54) is 0 Å². The number of aromatic carboxylic acids is 1. The second kappa shape index (κ2) is 17.4. The van der Waals surface area contributed by atoms with Crippen LogP contribution in [0.2, 0.25) is 0 Å². The second-order valence-corrected chi connectivity index (χ2v) is 14.7. The zero-order valence-electron chi connectivity index (χ0n) is 34.6. The molecule has 0 atom stereocenters. The second-order valence-electron chi connectivity index (χ2n) is 14.7. The number of carbonyl (C=O) groups excluding carboxylic acids is 6. The van der Waals surface area contributed by atoms with Crippen LogP contribution in [0, 0.1) is 0 Å². The smallest absolute Gasteiger partial charge is 0.411 e. The standard InChI is InChI=1S/C21H18F6N2O6.C21H12F6N2O4/c1-28-15(30)13-7-9(3-5-11(13)17(32)33)19(20(22,23)24,21(25,26)27)10-4-6-12(18(34)35)14(8-10)16(31)29-2;1-28-15(30)11-5-3-9(7-13(11)17(28)32)19(20(22,23)24,21(25,26)27)10-4-6-12-14(8-10)18(33)29(2)16(12)31/h3-8,17,32-33H,1-2H3,(H,28,30)(H,29,31)(H,34,35);3-8H,1-2H3. The van der Waals surface area contributed by atoms with E-state index in [1.807, 2.05) is 10.6 Å². The zero-order valence-corrected chi connectivity index (χ0v) is 34.6. The Kier molecular flexibility index (Phi) is 13.2. The maximum absolute atomic E-state index is 14.5. The van der Waals surface area contributed by atoms with E-state index in [-0.39, 0.29) is 29.3 Å². The molecule has 0 aliphatic carbocycles. The lowest BCUT2D eigenvalue weighted by Crippen LogP contribution is -2.55. The van der Waals surface area contributed by atoms with Crippen molar-refractivity contribution < 1.29 is 102 Å². The molecule has 0 bridgehead atoms. The number of carboxylic acid groups (broad SMARTS) is 1. The topological polar surface area (TPSA) is 211 Å². The summed E-state index contributed by atoms with van der Waals surface area (Å²) in [6, 6.07) is 5.12. The lowest BCUT2D eigenvalue weighted by atomic mass is 9.71. The van der Waals surface area contributed by atoms with Gasteiger partial charge in [0.1, 0.15) is 0 Å². The van der Waals surface area contributed by atoms with Gasteiger partial charge < -0.3 is 26.0 Å². The van der Waals surface area contributed by atoms with Gasteiger partial charge in [0, 0.05) is 39.3 Å². The van der Waals surface area contributed by atoms with Gasteiger partial charge in [0.15, 0.2) is 6.29 Å². The number of amides is 6. The number of hydrogen-bond acceptors (Lipinski definition) is 9. The van der Waals surface area contributed by atoms with Gasteiger partial charge in [-0.15, -0.1) is 0 Å². The van der Waals surface area contributed by atoms with Crippen molar-refractivity contribution in [1.29, 1.82) is 0 Å². The first kappa shape index (κ1) is 51.6. The minimum absolute atomic E-state index is 0.164. The SMILES string of the molecule is CN1C(=O)c2ccc(C(c3ccc4c(c3)C(=O)N(C)C4=O)(C(F)(F)F)C(F)(F)F)cc2C1=O.CNC(=O)c1cc(C(c2ccc(C(O)O)c(C(=O)NC)c2)(C(F)(F)F)C(F)(F)F)ccc1C(=O)O. The largest absolute Gasteiger partial charge is 0.478 e. The number of rotatable bonds is 8. The van der Waals surface area contributed by atoms with Gasteiger partial charge in [-0.3, -0.25) is 38.6 Å². The van der Waals surface area contributed by atoms with E-state index >= 15 is 0 Å². The first-order valence-electron chi connectivity index (χ1n) is 18.7. The molecule has 0 spiro atoms. The van der Waals surface area contributed by atoms with Gasteiger partial charge in [0.2, 0.25) is 10.8 Å². The normalized spacial score (nSPS) is 14.5. The van der Waals surface area contributed by atoms with Crippen LogP contribution in [-0.2, 0) is 10.8 Å². The molecular weight excluding hydrogens is 948 g/mol. The summed E-state index contributed by atoms with van der Waals surface area (Å²) in [4.78, 5) is 85.4. The summed E-state index contributed by atoms with van der Waals surface area (Å²) in [6.45, 7) is 0. The first-order chi connectivity index (χ1) is 31.2. The third kappa shape index (κ3) is 7.94. The average molecular weight is 979 g/mol. The minimum Gasteiger partial charge on any atom is -0.478 e. The van der Waals surface area contributed by atoms with Gasteiger partial charge in [-0.1, -0.05) is 30.3 Å². The number of carboxylic acids is 1. The summed E-state index contributed by atoms with van der Waals surface area (Å²) in [7, 11) is 4.11. The highest BCUT2D eigenvalue weighted by Gasteiger charge is 2.74. The molecular formula is C42H30F12N4O10. The van der Waals surface area contributed by atoms with E-state index in [0.29, 0.717) is 52.3 Å². The number of fused-ring (bicyclic) bond motifs is 2. The highest BCUT2D eigenvalue weighted by Crippen LogP contribution is 2.58. The third-order valence-electron chi connectivity index (χ3n) is 11.1. The van der Waals surface area contributed by atoms with Crippen molar-refractivity contribution in [2.75, 3.05) is 28.2 Å². The van der Waals surface area contributed by atoms with Crippen molar-refractivity contribution in [2.45, 2.75) is 41.8 Å². The molecule has 4 aromatic carbocycles. The summed E-state index contributed by atoms with van der Waals surface area (Å²) in [6.07, 6.45) is -26.6. The van der Waals surface area contributed by atoms with E-state index in [2.05, 4.69) is 0 Å². The number of halogens is 12. The van der Waals surface area contributed by atoms with Crippen LogP contribution in [0.4, 0.5) is 52.7 Å². The number of imide groups is 2. The van der Waals surface area contributed by atoms with Crippen LogP contribution in [0.1, 0.15) is 107 Å². The average Bonchev–Trinajstić information content (AvgIpc) is 3.59. The van der Waals surface area contributed by atoms with Crippen molar-refractivity contribution in [3.63, 3.8) is 0 Å². The van der Waals surface area contributed by atoms with Crippen molar-refractivity contribution in [1.82, 2.24) is 20.4 Å². The molecule has 362 valence electrons. The van der Waals surface area contributed by atoms with E-state index in [1.54, 1.807) is 0 Å². The Hall–Kier alpha value is -7.35. The van der Waals surface area contributed by atoms with E-state index in [4.69, 9.17) is 0 Å². The highest BCUT2D eigenvalue weighted by molar-refractivity contribution is 6.22. The van der Waals surface area contributed by atoms with Gasteiger partial charge in [0.05, 0.1) is 33.4 Å². The van der Waals surface area contributed by atoms with E-state index in [0.717, 1.165) is 40.3 Å². The van der Waals surface area contributed by atoms with Crippen molar-refractivity contribution in [3.8, 4) is 0 Å². The van der Waals surface area contributed by atoms with Crippen molar-refractivity contribution >= 4 is 41.4 Å². The molecule has 0 saturated heterocycles. The molecule has 0 aromatic heterocycles. The van der Waals surface area contributed by atoms with Gasteiger partial charge in [-0.25, -0.2) is 4.79 Å². The fraction of sp³-hybridized carbons (Fsp3) is 0.262. The van der Waals surface area contributed by atoms with Gasteiger partial charge >= 0.3 is 30.7 Å². The Bertz CT molecular complexity index is 2690. The molecule has 5 N–H and O–H groups in total. The molecule has 2 aliphatic rings. The highest BCUT2D eigenvalue weighted by atomic mass is 19.4. The summed E-state index contributed by atoms with van der Waals surface area (Å²) in [5.41, 5.74) is -20.6. The van der Waals surface area contributed by atoms with Crippen LogP contribution in [0.5, 0.6) is 0 Å². The molecule has 0 fully saturated rings. The van der Waals surface area contributed by atoms with Crippen LogP contribution in [0.15, 0.2) is 72.8 Å². The third-order valence-corrected chi connectivity index (χ3v) is 11.1. The summed E-state index contributed by atoms with van der Waals surface area (Å²) in [5, 5.41) is 32.0. The fourth-order valence-corrected chi connectivity index (χ4v) is 7.79. The van der Waals surface area contributed by atoms with Crippen LogP contribution >= 0.6 is 0 Å². The van der Waals surface area contributed by atoms with Crippen LogP contribution < -0.4 is 10.6 Å². The Labute approximate surface area is 372 Å². The Balaban J connectivity index is 0.000000254. The molecule has 0 saturated carbocycles. The Morgan fingerprint density at radius 2 is 0.779 bits per heavy atom. The Morgan fingerprint density at radius 1 is 0.471 bits per heavy atom. The number of benzene rings is 4. The molecule has 2 aliphatic heterocycles. The van der Waals surface area contributed by atoms with E-state index in [9.17, 15) is 102 Å². The molecule has 2 heterocycles. The minimum atomic E-state index is -6.13. The molecule has 26 heteroatoms. The maximum Gasteiger partial charge on any atom is 0.411 e. The molecule has 6 amide bonds. The summed E-state index contributed by atoms with van der Waals surface area (Å²) < 4.78 is 173. The predicted molar refractivity (Wildman–Crippen MR) is 205 cm³/mol. The number of nitrogens with one attached hydrogen (secondary N) is 2. The van der Waals surface area contributed by atoms with Crippen LogP contribution in [-0.4, -0.2) is 119 Å². The lowest BCUT2D eigenvalue weighted by molar-refractivity contribution is -0.290. The molecule has 0 radical (unpaired) electrons. The molecule has 68 heavy (non-hydrogen) atoms. The quantitative estimate of drug-likeness (QED) is 0.0785. The number of aliphatic hydroxyl groups is 2. The van der Waals surface area contributed by atoms with Crippen LogP contribution in [0.25, 0.3) is 0 Å². The number of aliphatic hydroxyl groups excluding tert-OH is 1. The molecule has 14 nitrogen and oxygen atoms in total. The van der Waals surface area contributed by atoms with Crippen molar-refractivity contribution in [3.05, 3.63) is 140 Å². The monoisotopic (exact) mass is 978 g/mol. The Morgan fingerprint density at radius 3 is 1.12 bits per heavy atom. The number of hydrogen-bond donors (Lipinski definition) is 5. The van der Waals surface area contributed by atoms with Gasteiger partial charge in [0.25, 0.3) is 35.4 Å². The van der Waals surface area contributed by atoms with Crippen molar-refractivity contribution in [2.24, 2.45) is 0 Å². The van der Waals surface area contributed by atoms with E-state index < -0.39 is 139 Å². The molecule has 6 rings (SSSR count). The van der Waals surface area contributed by atoms with Gasteiger partial charge in [-0.2, -0.15) is 52.7 Å². The predicted octanol–water partition coefficient (Wildman–Crippen LogP) is 6.05. The molecule has 0 unspecified atom stereocenters. The lowest BCUT2D eigenvalue weighted by Gasteiger charge is -2.39. The number of nitrogens with zero attached hydrogens (tertiary/aromatic N) is 2. The zero-order chi connectivity index (χ0) is 51.6.